The lowest BCUT2D eigenvalue weighted by Crippen LogP contribution is -2.46. The van der Waals surface area contributed by atoms with E-state index >= 15 is 0 Å². The molecule has 1 amide bonds. The normalized spacial score (nSPS) is 21.0. The van der Waals surface area contributed by atoms with Crippen molar-refractivity contribution >= 4 is 50.8 Å². The minimum Gasteiger partial charge on any atom is -0.338 e. The topological polar surface area (TPSA) is 87.1 Å². The molecule has 0 spiro atoms. The highest BCUT2D eigenvalue weighted by Gasteiger charge is 2.34. The van der Waals surface area contributed by atoms with E-state index in [0.29, 0.717) is 41.5 Å². The number of benzene rings is 1. The van der Waals surface area contributed by atoms with E-state index in [1.807, 2.05) is 0 Å². The van der Waals surface area contributed by atoms with Crippen LogP contribution in [0.5, 0.6) is 0 Å². The van der Waals surface area contributed by atoms with E-state index in [2.05, 4.69) is 4.40 Å². The fourth-order valence-electron chi connectivity index (χ4n) is 3.78. The average molecular weight is 468 g/mol. The van der Waals surface area contributed by atoms with Crippen molar-refractivity contribution in [1.29, 1.82) is 0 Å². The van der Waals surface area contributed by atoms with Crippen molar-refractivity contribution in [2.45, 2.75) is 12.8 Å². The first-order valence-corrected chi connectivity index (χ1v) is 11.9. The third kappa shape index (κ3) is 4.17. The molecule has 1 fully saturated rings. The summed E-state index contributed by atoms with van der Waals surface area (Å²) >= 11 is 11.9. The Balaban J connectivity index is 1.45. The second-order valence-corrected chi connectivity index (χ2v) is 9.94. The molecule has 0 aliphatic carbocycles. The summed E-state index contributed by atoms with van der Waals surface area (Å²) in [6.45, 7) is 1.07. The van der Waals surface area contributed by atoms with Gasteiger partial charge in [-0.3, -0.25) is 9.59 Å². The van der Waals surface area contributed by atoms with E-state index < -0.39 is 10.0 Å². The highest BCUT2D eigenvalue weighted by molar-refractivity contribution is 7.90. The molecule has 7 nitrogen and oxygen atoms in total. The standard InChI is InChI=1S/C20H19Cl2N3O4S/c21-16-4-3-14(12-17(16)22)18(26)13-5-8-25(9-6-13)20(27)15-2-1-7-24-10-11-30(28,29)23-19(15)24/h1-4,7,12-13H,5-6,8-11H2. The maximum absolute atomic E-state index is 13.1. The van der Waals surface area contributed by atoms with Gasteiger partial charge in [-0.1, -0.05) is 23.2 Å². The molecule has 10 heteroatoms. The van der Waals surface area contributed by atoms with Crippen LogP contribution in [0.4, 0.5) is 0 Å². The molecule has 4 rings (SSSR count). The Hall–Kier alpha value is -2.16. The number of halogens is 2. The number of amidine groups is 1. The third-order valence-corrected chi connectivity index (χ3v) is 7.33. The molecule has 3 aliphatic rings. The molecule has 0 N–H and O–H groups in total. The molecule has 3 aliphatic heterocycles. The van der Waals surface area contributed by atoms with E-state index in [-0.39, 0.29) is 41.3 Å². The van der Waals surface area contributed by atoms with Gasteiger partial charge in [-0.25, -0.2) is 8.42 Å². The number of Topliss-reactive ketones (excluding diaryl/α,β-unsaturated/α-hetero) is 1. The third-order valence-electron chi connectivity index (χ3n) is 5.45. The number of sulfonamides is 1. The van der Waals surface area contributed by atoms with Crippen molar-refractivity contribution in [3.05, 3.63) is 57.7 Å². The van der Waals surface area contributed by atoms with Crippen LogP contribution in [0.1, 0.15) is 23.2 Å². The Bertz CT molecular complexity index is 1100. The second-order valence-electron chi connectivity index (χ2n) is 7.38. The molecule has 1 aromatic carbocycles. The van der Waals surface area contributed by atoms with Crippen molar-refractivity contribution in [1.82, 2.24) is 9.80 Å². The number of nitrogens with zero attached hydrogens (tertiary/aromatic N) is 3. The highest BCUT2D eigenvalue weighted by Crippen LogP contribution is 2.28. The van der Waals surface area contributed by atoms with E-state index in [0.717, 1.165) is 0 Å². The molecule has 0 atom stereocenters. The number of rotatable bonds is 3. The van der Waals surface area contributed by atoms with E-state index in [4.69, 9.17) is 23.2 Å². The van der Waals surface area contributed by atoms with Gasteiger partial charge in [-0.05, 0) is 43.2 Å². The molecule has 0 bridgehead atoms. The van der Waals surface area contributed by atoms with Gasteiger partial charge < -0.3 is 9.80 Å². The predicted octanol–water partition coefficient (Wildman–Crippen LogP) is 2.91. The Morgan fingerprint density at radius 2 is 1.80 bits per heavy atom. The fourth-order valence-corrected chi connectivity index (χ4v) is 5.07. The zero-order valence-electron chi connectivity index (χ0n) is 15.9. The molecule has 1 saturated heterocycles. The first-order chi connectivity index (χ1) is 14.2. The average Bonchev–Trinajstić information content (AvgIpc) is 2.74. The van der Waals surface area contributed by atoms with Gasteiger partial charge in [0.25, 0.3) is 15.9 Å². The Morgan fingerprint density at radius 3 is 2.50 bits per heavy atom. The summed E-state index contributed by atoms with van der Waals surface area (Å²) in [4.78, 5) is 29.2. The van der Waals surface area contributed by atoms with Gasteiger partial charge in [0.15, 0.2) is 11.6 Å². The summed E-state index contributed by atoms with van der Waals surface area (Å²) in [5, 5.41) is 0.727. The summed E-state index contributed by atoms with van der Waals surface area (Å²) in [6, 6.07) is 4.83. The van der Waals surface area contributed by atoms with Gasteiger partial charge in [-0.15, -0.1) is 4.40 Å². The largest absolute Gasteiger partial charge is 0.338 e. The van der Waals surface area contributed by atoms with Crippen LogP contribution in [-0.2, 0) is 14.8 Å². The zero-order valence-corrected chi connectivity index (χ0v) is 18.3. The molecule has 30 heavy (non-hydrogen) atoms. The van der Waals surface area contributed by atoms with Crippen LogP contribution in [0.3, 0.4) is 0 Å². The number of hydrogen-bond acceptors (Lipinski definition) is 5. The Labute approximate surface area is 184 Å². The van der Waals surface area contributed by atoms with Crippen LogP contribution in [0.15, 0.2) is 46.5 Å². The molecular formula is C20H19Cl2N3O4S. The maximum atomic E-state index is 13.1. The molecule has 0 radical (unpaired) electrons. The van der Waals surface area contributed by atoms with Gasteiger partial charge >= 0.3 is 0 Å². The maximum Gasteiger partial charge on any atom is 0.257 e. The first kappa shape index (κ1) is 21.1. The minimum atomic E-state index is -3.57. The van der Waals surface area contributed by atoms with E-state index in [1.165, 1.54) is 0 Å². The number of ketones is 1. The smallest absolute Gasteiger partial charge is 0.257 e. The highest BCUT2D eigenvalue weighted by atomic mass is 35.5. The first-order valence-electron chi connectivity index (χ1n) is 9.52. The predicted molar refractivity (Wildman–Crippen MR) is 115 cm³/mol. The van der Waals surface area contributed by atoms with E-state index in [1.54, 1.807) is 46.4 Å². The van der Waals surface area contributed by atoms with Gasteiger partial charge in [0.05, 0.1) is 21.4 Å². The van der Waals surface area contributed by atoms with E-state index in [9.17, 15) is 18.0 Å². The monoisotopic (exact) mass is 467 g/mol. The van der Waals surface area contributed by atoms with Crippen molar-refractivity contribution in [3.8, 4) is 0 Å². The van der Waals surface area contributed by atoms with Crippen LogP contribution in [0.25, 0.3) is 0 Å². The molecular weight excluding hydrogens is 449 g/mol. The van der Waals surface area contributed by atoms with Crippen LogP contribution in [0.2, 0.25) is 10.0 Å². The summed E-state index contributed by atoms with van der Waals surface area (Å²) in [6.07, 6.45) is 6.05. The van der Waals surface area contributed by atoms with Crippen LogP contribution in [-0.4, -0.2) is 61.1 Å². The van der Waals surface area contributed by atoms with Crippen LogP contribution >= 0.6 is 23.2 Å². The van der Waals surface area contributed by atoms with Crippen molar-refractivity contribution in [3.63, 3.8) is 0 Å². The number of fused-ring (bicyclic) bond motifs is 1. The molecule has 0 saturated carbocycles. The number of carbonyl (C=O) groups is 2. The fraction of sp³-hybridized carbons (Fsp3) is 0.350. The SMILES string of the molecule is O=C(c1ccc(Cl)c(Cl)c1)C1CCN(C(=O)C2=CC=CN3CCS(=O)(=O)N=C23)CC1. The van der Waals surface area contributed by atoms with Gasteiger partial charge in [0.1, 0.15) is 0 Å². The van der Waals surface area contributed by atoms with Crippen molar-refractivity contribution < 1.29 is 18.0 Å². The number of carbonyl (C=O) groups excluding carboxylic acids is 2. The number of piperidine rings is 1. The zero-order chi connectivity index (χ0) is 21.5. The molecule has 0 aromatic heterocycles. The second kappa shape index (κ2) is 8.17. The van der Waals surface area contributed by atoms with Crippen molar-refractivity contribution in [2.75, 3.05) is 25.4 Å². The van der Waals surface area contributed by atoms with Gasteiger partial charge in [0, 0.05) is 37.3 Å². The van der Waals surface area contributed by atoms with Crippen LogP contribution < -0.4 is 0 Å². The number of amides is 1. The Kier molecular flexibility index (Phi) is 5.74. The van der Waals surface area contributed by atoms with Crippen LogP contribution in [0, 0.1) is 5.92 Å². The lowest BCUT2D eigenvalue weighted by Gasteiger charge is -2.34. The quantitative estimate of drug-likeness (QED) is 0.637. The van der Waals surface area contributed by atoms with Gasteiger partial charge in [-0.2, -0.15) is 0 Å². The molecule has 1 aromatic rings. The molecule has 0 unspecified atom stereocenters. The number of likely N-dealkylation sites (tertiary alicyclic amines) is 1. The summed E-state index contributed by atoms with van der Waals surface area (Å²) in [7, 11) is -3.57. The lowest BCUT2D eigenvalue weighted by molar-refractivity contribution is -0.127. The van der Waals surface area contributed by atoms with Crippen molar-refractivity contribution in [2.24, 2.45) is 10.3 Å². The summed E-state index contributed by atoms with van der Waals surface area (Å²) in [5.74, 6) is -0.418. The summed E-state index contributed by atoms with van der Waals surface area (Å²) < 4.78 is 27.6. The number of allylic oxidation sites excluding steroid dienone is 2. The molecule has 158 valence electrons. The minimum absolute atomic E-state index is 0.0191. The lowest BCUT2D eigenvalue weighted by atomic mass is 9.88. The number of hydrogen-bond donors (Lipinski definition) is 0. The molecule has 3 heterocycles. The Morgan fingerprint density at radius 1 is 1.07 bits per heavy atom. The van der Waals surface area contributed by atoms with Gasteiger partial charge in [0.2, 0.25) is 0 Å². The summed E-state index contributed by atoms with van der Waals surface area (Å²) in [5.41, 5.74) is 0.766.